The van der Waals surface area contributed by atoms with Crippen LogP contribution in [0, 0.1) is 5.92 Å². The lowest BCUT2D eigenvalue weighted by atomic mass is 9.91. The van der Waals surface area contributed by atoms with Crippen LogP contribution in [0.5, 0.6) is 5.75 Å². The van der Waals surface area contributed by atoms with Crippen molar-refractivity contribution in [2.24, 2.45) is 11.7 Å². The highest BCUT2D eigenvalue weighted by atomic mass is 16.6. The van der Waals surface area contributed by atoms with Crippen LogP contribution in [0.2, 0.25) is 0 Å². The first kappa shape index (κ1) is 26.7. The molecule has 0 fully saturated rings. The third kappa shape index (κ3) is 7.83. The molecule has 2 N–H and O–H groups in total. The number of primary amides is 1. The zero-order valence-electron chi connectivity index (χ0n) is 21.0. The zero-order valence-corrected chi connectivity index (χ0v) is 21.0. The molecule has 0 spiro atoms. The molecule has 3 aromatic carbocycles. The first-order valence-corrected chi connectivity index (χ1v) is 12.1. The molecule has 0 saturated heterocycles. The van der Waals surface area contributed by atoms with Crippen molar-refractivity contribution in [1.82, 2.24) is 0 Å². The van der Waals surface area contributed by atoms with Crippen molar-refractivity contribution in [2.75, 3.05) is 13.2 Å². The standard InChI is InChI=1S/C29H33NO6/c1-4-34-27-13-12-24-15-23(10-11-25(24)16-27)22-7-5-6-21(14-22)8-9-26(18-35-19(2)31)28(17-29(30)33)36-20(3)32/h5-7,10-16,26,28H,4,8-9,17-18H2,1-3H3,(H2,30,33). The Kier molecular flexibility index (Phi) is 9.45. The van der Waals surface area contributed by atoms with E-state index < -0.39 is 23.9 Å². The summed E-state index contributed by atoms with van der Waals surface area (Å²) in [7, 11) is 0. The topological polar surface area (TPSA) is 105 Å². The number of rotatable bonds is 12. The van der Waals surface area contributed by atoms with Crippen LogP contribution in [0.25, 0.3) is 21.9 Å². The van der Waals surface area contributed by atoms with Crippen LogP contribution in [-0.2, 0) is 30.3 Å². The third-order valence-corrected chi connectivity index (χ3v) is 5.93. The number of fused-ring (bicyclic) bond motifs is 1. The fraction of sp³-hybridized carbons (Fsp3) is 0.345. The summed E-state index contributed by atoms with van der Waals surface area (Å²) in [6.07, 6.45) is 0.291. The molecule has 0 aliphatic heterocycles. The van der Waals surface area contributed by atoms with E-state index in [-0.39, 0.29) is 18.9 Å². The van der Waals surface area contributed by atoms with Crippen molar-refractivity contribution >= 4 is 28.6 Å². The number of amides is 1. The molecule has 0 bridgehead atoms. The van der Waals surface area contributed by atoms with Crippen LogP contribution < -0.4 is 10.5 Å². The number of aryl methyl sites for hydroxylation is 1. The number of hydrogen-bond donors (Lipinski definition) is 1. The van der Waals surface area contributed by atoms with Crippen LogP contribution >= 0.6 is 0 Å². The normalized spacial score (nSPS) is 12.5. The lowest BCUT2D eigenvalue weighted by Crippen LogP contribution is -2.34. The van der Waals surface area contributed by atoms with Gasteiger partial charge in [-0.25, -0.2) is 0 Å². The van der Waals surface area contributed by atoms with Crippen molar-refractivity contribution in [2.45, 2.75) is 46.1 Å². The predicted molar refractivity (Wildman–Crippen MR) is 138 cm³/mol. The molecule has 3 rings (SSSR count). The highest BCUT2D eigenvalue weighted by Gasteiger charge is 2.27. The monoisotopic (exact) mass is 491 g/mol. The maximum Gasteiger partial charge on any atom is 0.302 e. The Bertz CT molecular complexity index is 1210. The van der Waals surface area contributed by atoms with E-state index in [1.165, 1.54) is 13.8 Å². The van der Waals surface area contributed by atoms with Crippen LogP contribution in [0.3, 0.4) is 0 Å². The summed E-state index contributed by atoms with van der Waals surface area (Å²) in [6.45, 7) is 5.22. The van der Waals surface area contributed by atoms with Gasteiger partial charge in [-0.1, -0.05) is 42.5 Å². The van der Waals surface area contributed by atoms with Gasteiger partial charge in [0.1, 0.15) is 11.9 Å². The molecule has 1 amide bonds. The molecular weight excluding hydrogens is 458 g/mol. The van der Waals surface area contributed by atoms with Crippen LogP contribution in [0.15, 0.2) is 60.7 Å². The summed E-state index contributed by atoms with van der Waals surface area (Å²) in [4.78, 5) is 34.6. The van der Waals surface area contributed by atoms with Gasteiger partial charge in [0.2, 0.25) is 5.91 Å². The Balaban J connectivity index is 1.78. The second kappa shape index (κ2) is 12.7. The molecule has 190 valence electrons. The van der Waals surface area contributed by atoms with E-state index in [0.29, 0.717) is 19.4 Å². The molecule has 0 aliphatic carbocycles. The van der Waals surface area contributed by atoms with Gasteiger partial charge < -0.3 is 19.9 Å². The van der Waals surface area contributed by atoms with Gasteiger partial charge in [-0.2, -0.15) is 0 Å². The fourth-order valence-corrected chi connectivity index (χ4v) is 4.24. The van der Waals surface area contributed by atoms with Gasteiger partial charge in [-0.3, -0.25) is 14.4 Å². The summed E-state index contributed by atoms with van der Waals surface area (Å²) in [5.41, 5.74) is 8.62. The number of ether oxygens (including phenoxy) is 3. The first-order chi connectivity index (χ1) is 17.2. The molecule has 0 heterocycles. The number of esters is 2. The number of carbonyl (C=O) groups excluding carboxylic acids is 3. The van der Waals surface area contributed by atoms with Crippen molar-refractivity contribution in [3.63, 3.8) is 0 Å². The van der Waals surface area contributed by atoms with E-state index >= 15 is 0 Å². The van der Waals surface area contributed by atoms with Crippen LogP contribution in [-0.4, -0.2) is 37.2 Å². The van der Waals surface area contributed by atoms with Gasteiger partial charge in [-0.15, -0.1) is 0 Å². The zero-order chi connectivity index (χ0) is 26.1. The van der Waals surface area contributed by atoms with Gasteiger partial charge in [0.25, 0.3) is 0 Å². The minimum Gasteiger partial charge on any atom is -0.494 e. The fourth-order valence-electron chi connectivity index (χ4n) is 4.24. The second-order valence-electron chi connectivity index (χ2n) is 8.78. The maximum absolute atomic E-state index is 11.6. The van der Waals surface area contributed by atoms with Crippen LogP contribution in [0.4, 0.5) is 0 Å². The Morgan fingerprint density at radius 3 is 2.31 bits per heavy atom. The molecule has 36 heavy (non-hydrogen) atoms. The van der Waals surface area contributed by atoms with Gasteiger partial charge >= 0.3 is 11.9 Å². The third-order valence-electron chi connectivity index (χ3n) is 5.93. The van der Waals surface area contributed by atoms with Gasteiger partial charge in [0.05, 0.1) is 19.6 Å². The van der Waals surface area contributed by atoms with Crippen molar-refractivity contribution in [3.8, 4) is 16.9 Å². The van der Waals surface area contributed by atoms with E-state index in [0.717, 1.165) is 33.2 Å². The Labute approximate surface area is 211 Å². The summed E-state index contributed by atoms with van der Waals surface area (Å²) in [5, 5.41) is 2.23. The minimum atomic E-state index is -0.760. The largest absolute Gasteiger partial charge is 0.494 e. The summed E-state index contributed by atoms with van der Waals surface area (Å²) >= 11 is 0. The molecule has 2 atom stereocenters. The summed E-state index contributed by atoms with van der Waals surface area (Å²) in [6, 6.07) is 20.6. The van der Waals surface area contributed by atoms with Gasteiger partial charge in [0, 0.05) is 19.8 Å². The van der Waals surface area contributed by atoms with Gasteiger partial charge in [0.15, 0.2) is 0 Å². The average molecular weight is 492 g/mol. The van der Waals surface area contributed by atoms with E-state index in [4.69, 9.17) is 19.9 Å². The minimum absolute atomic E-state index is 0.0364. The molecule has 2 unspecified atom stereocenters. The van der Waals surface area contributed by atoms with E-state index in [1.54, 1.807) is 0 Å². The van der Waals surface area contributed by atoms with Gasteiger partial charge in [-0.05, 0) is 65.4 Å². The number of carbonyl (C=O) groups is 3. The average Bonchev–Trinajstić information content (AvgIpc) is 2.83. The highest BCUT2D eigenvalue weighted by Crippen LogP contribution is 2.28. The number of benzene rings is 3. The molecule has 0 radical (unpaired) electrons. The predicted octanol–water partition coefficient (Wildman–Crippen LogP) is 4.82. The Morgan fingerprint density at radius 1 is 0.889 bits per heavy atom. The van der Waals surface area contributed by atoms with Crippen LogP contribution in [0.1, 0.15) is 39.2 Å². The summed E-state index contributed by atoms with van der Waals surface area (Å²) < 4.78 is 16.2. The van der Waals surface area contributed by atoms with E-state index in [1.807, 2.05) is 31.2 Å². The first-order valence-electron chi connectivity index (χ1n) is 12.1. The SMILES string of the molecule is CCOc1ccc2cc(-c3cccc(CCC(COC(C)=O)C(CC(N)=O)OC(C)=O)c3)ccc2c1. The molecule has 0 aliphatic rings. The number of hydrogen-bond acceptors (Lipinski definition) is 6. The maximum atomic E-state index is 11.6. The second-order valence-corrected chi connectivity index (χ2v) is 8.78. The smallest absolute Gasteiger partial charge is 0.302 e. The molecule has 7 nitrogen and oxygen atoms in total. The van der Waals surface area contributed by atoms with E-state index in [9.17, 15) is 14.4 Å². The van der Waals surface area contributed by atoms with Crippen molar-refractivity contribution in [3.05, 3.63) is 66.2 Å². The lowest BCUT2D eigenvalue weighted by molar-refractivity contribution is -0.154. The van der Waals surface area contributed by atoms with E-state index in [2.05, 4.69) is 36.4 Å². The molecule has 3 aromatic rings. The Hall–Kier alpha value is -3.87. The molecule has 0 saturated carbocycles. The summed E-state index contributed by atoms with van der Waals surface area (Å²) in [5.74, 6) is -1.05. The lowest BCUT2D eigenvalue weighted by Gasteiger charge is -2.25. The van der Waals surface area contributed by atoms with Crippen molar-refractivity contribution in [1.29, 1.82) is 0 Å². The molecule has 7 heteroatoms. The Morgan fingerprint density at radius 2 is 1.61 bits per heavy atom. The molecule has 0 aromatic heterocycles. The quantitative estimate of drug-likeness (QED) is 0.364. The van der Waals surface area contributed by atoms with Crippen molar-refractivity contribution < 1.29 is 28.6 Å². The molecular formula is C29H33NO6. The number of nitrogens with two attached hydrogens (primary N) is 1. The highest BCUT2D eigenvalue weighted by molar-refractivity contribution is 5.88.